The largest absolute Gasteiger partial charge is 0.368 e. The molecule has 1 aliphatic heterocycles. The Hall–Kier alpha value is -1.16. The molecule has 0 radical (unpaired) electrons. The SMILES string of the molecule is FC(=S)N1CCN(c2ccccc2)CC1. The number of hydrogen-bond donors (Lipinski definition) is 0. The molecular formula is C11H13FN2S. The number of halogens is 1. The third-order valence-corrected chi connectivity index (χ3v) is 2.91. The Balaban J connectivity index is 1.97. The molecule has 0 atom stereocenters. The van der Waals surface area contributed by atoms with Crippen LogP contribution in [0.5, 0.6) is 0 Å². The maximum atomic E-state index is 12.8. The number of rotatable bonds is 1. The summed E-state index contributed by atoms with van der Waals surface area (Å²) in [5, 5.41) is -0.484. The number of piperazine rings is 1. The molecule has 1 heterocycles. The number of para-hydroxylation sites is 1. The van der Waals surface area contributed by atoms with Gasteiger partial charge in [-0.2, -0.15) is 4.39 Å². The van der Waals surface area contributed by atoms with Crippen molar-refractivity contribution < 1.29 is 4.39 Å². The van der Waals surface area contributed by atoms with Crippen molar-refractivity contribution in [2.24, 2.45) is 0 Å². The first kappa shape index (κ1) is 10.4. The molecule has 0 saturated carbocycles. The summed E-state index contributed by atoms with van der Waals surface area (Å²) < 4.78 is 12.8. The Morgan fingerprint density at radius 2 is 1.67 bits per heavy atom. The molecule has 1 aliphatic rings. The number of hydrogen-bond acceptors (Lipinski definition) is 2. The highest BCUT2D eigenvalue weighted by Crippen LogP contribution is 2.15. The van der Waals surface area contributed by atoms with Crippen LogP contribution in [0.25, 0.3) is 0 Å². The molecule has 0 N–H and O–H groups in total. The highest BCUT2D eigenvalue weighted by Gasteiger charge is 2.18. The molecule has 0 amide bonds. The van der Waals surface area contributed by atoms with Crippen LogP contribution in [0.3, 0.4) is 0 Å². The van der Waals surface area contributed by atoms with E-state index in [9.17, 15) is 4.39 Å². The van der Waals surface area contributed by atoms with E-state index in [-0.39, 0.29) is 0 Å². The number of benzene rings is 1. The second-order valence-corrected chi connectivity index (χ2v) is 3.90. The van der Waals surface area contributed by atoms with Crippen LogP contribution >= 0.6 is 12.2 Å². The van der Waals surface area contributed by atoms with Crippen molar-refractivity contribution >= 4 is 23.1 Å². The van der Waals surface area contributed by atoms with Gasteiger partial charge in [-0.1, -0.05) is 18.2 Å². The molecule has 15 heavy (non-hydrogen) atoms. The molecule has 1 aromatic rings. The molecule has 0 bridgehead atoms. The van der Waals surface area contributed by atoms with Crippen LogP contribution in [0.15, 0.2) is 30.3 Å². The van der Waals surface area contributed by atoms with E-state index in [1.807, 2.05) is 18.2 Å². The predicted octanol–water partition coefficient (Wildman–Crippen LogP) is 2.06. The molecule has 0 aromatic heterocycles. The smallest absolute Gasteiger partial charge is 0.255 e. The third kappa shape index (κ3) is 2.45. The van der Waals surface area contributed by atoms with Crippen LogP contribution in [0.2, 0.25) is 0 Å². The molecular weight excluding hydrogens is 211 g/mol. The zero-order valence-corrected chi connectivity index (χ0v) is 9.21. The second kappa shape index (κ2) is 4.57. The summed E-state index contributed by atoms with van der Waals surface area (Å²) in [6.07, 6.45) is 0. The van der Waals surface area contributed by atoms with Gasteiger partial charge in [0.05, 0.1) is 0 Å². The summed E-state index contributed by atoms with van der Waals surface area (Å²) in [7, 11) is 0. The van der Waals surface area contributed by atoms with Gasteiger partial charge < -0.3 is 9.80 Å². The van der Waals surface area contributed by atoms with Gasteiger partial charge in [-0.25, -0.2) is 0 Å². The fraction of sp³-hybridized carbons (Fsp3) is 0.364. The maximum absolute atomic E-state index is 12.8. The average molecular weight is 224 g/mol. The maximum Gasteiger partial charge on any atom is 0.255 e. The van der Waals surface area contributed by atoms with E-state index in [0.29, 0.717) is 13.1 Å². The van der Waals surface area contributed by atoms with Crippen molar-refractivity contribution in [3.8, 4) is 0 Å². The van der Waals surface area contributed by atoms with Gasteiger partial charge >= 0.3 is 0 Å². The van der Waals surface area contributed by atoms with Crippen LogP contribution in [0, 0.1) is 0 Å². The zero-order valence-electron chi connectivity index (χ0n) is 8.40. The van der Waals surface area contributed by atoms with Crippen molar-refractivity contribution in [1.82, 2.24) is 4.90 Å². The summed E-state index contributed by atoms with van der Waals surface area (Å²) in [6.45, 7) is 3.00. The molecule has 0 unspecified atom stereocenters. The van der Waals surface area contributed by atoms with Crippen LogP contribution in [-0.2, 0) is 0 Å². The highest BCUT2D eigenvalue weighted by atomic mass is 32.1. The molecule has 0 spiro atoms. The van der Waals surface area contributed by atoms with Gasteiger partial charge in [-0.05, 0) is 24.4 Å². The summed E-state index contributed by atoms with van der Waals surface area (Å²) in [5.74, 6) is 0. The van der Waals surface area contributed by atoms with Gasteiger partial charge in [0.25, 0.3) is 5.24 Å². The summed E-state index contributed by atoms with van der Waals surface area (Å²) >= 11 is 4.51. The molecule has 1 aromatic carbocycles. The fourth-order valence-corrected chi connectivity index (χ4v) is 1.96. The van der Waals surface area contributed by atoms with Gasteiger partial charge in [0.2, 0.25) is 0 Å². The van der Waals surface area contributed by atoms with E-state index >= 15 is 0 Å². The monoisotopic (exact) mass is 224 g/mol. The zero-order chi connectivity index (χ0) is 10.7. The molecule has 1 fully saturated rings. The third-order valence-electron chi connectivity index (χ3n) is 2.65. The molecule has 80 valence electrons. The molecule has 2 nitrogen and oxygen atoms in total. The van der Waals surface area contributed by atoms with E-state index in [0.717, 1.165) is 13.1 Å². The fourth-order valence-electron chi connectivity index (χ4n) is 1.78. The quantitative estimate of drug-likeness (QED) is 0.409. The summed E-state index contributed by atoms with van der Waals surface area (Å²) in [4.78, 5) is 3.85. The van der Waals surface area contributed by atoms with Gasteiger partial charge in [0.15, 0.2) is 0 Å². The number of anilines is 1. The van der Waals surface area contributed by atoms with Crippen LogP contribution < -0.4 is 4.90 Å². The Kier molecular flexibility index (Phi) is 3.16. The lowest BCUT2D eigenvalue weighted by molar-refractivity contribution is 0.361. The first-order valence-electron chi connectivity index (χ1n) is 5.02. The summed E-state index contributed by atoms with van der Waals surface area (Å²) in [5.41, 5.74) is 1.20. The van der Waals surface area contributed by atoms with Gasteiger partial charge in [-0.3, -0.25) is 0 Å². The van der Waals surface area contributed by atoms with Crippen molar-refractivity contribution in [2.45, 2.75) is 0 Å². The predicted molar refractivity (Wildman–Crippen MR) is 63.9 cm³/mol. The number of thiocarbonyl (C=S) groups is 1. The minimum atomic E-state index is -0.484. The Morgan fingerprint density at radius 3 is 2.20 bits per heavy atom. The van der Waals surface area contributed by atoms with E-state index in [2.05, 4.69) is 29.3 Å². The first-order chi connectivity index (χ1) is 7.27. The van der Waals surface area contributed by atoms with Crippen LogP contribution in [-0.4, -0.2) is 36.3 Å². The molecule has 2 rings (SSSR count). The molecule has 0 aliphatic carbocycles. The van der Waals surface area contributed by atoms with E-state index < -0.39 is 5.24 Å². The van der Waals surface area contributed by atoms with Crippen molar-refractivity contribution in [3.63, 3.8) is 0 Å². The van der Waals surface area contributed by atoms with Gasteiger partial charge in [0, 0.05) is 31.9 Å². The van der Waals surface area contributed by atoms with Crippen LogP contribution in [0.4, 0.5) is 10.1 Å². The second-order valence-electron chi connectivity index (χ2n) is 3.56. The Morgan fingerprint density at radius 1 is 1.07 bits per heavy atom. The normalized spacial score (nSPS) is 16.6. The lowest BCUT2D eigenvalue weighted by atomic mass is 10.2. The topological polar surface area (TPSA) is 6.48 Å². The van der Waals surface area contributed by atoms with Crippen molar-refractivity contribution in [1.29, 1.82) is 0 Å². The minimum Gasteiger partial charge on any atom is -0.368 e. The summed E-state index contributed by atoms with van der Waals surface area (Å²) in [6, 6.07) is 10.2. The van der Waals surface area contributed by atoms with E-state index in [1.165, 1.54) is 5.69 Å². The first-order valence-corrected chi connectivity index (χ1v) is 5.42. The van der Waals surface area contributed by atoms with Gasteiger partial charge in [-0.15, -0.1) is 0 Å². The minimum absolute atomic E-state index is 0.484. The van der Waals surface area contributed by atoms with Crippen molar-refractivity contribution in [3.05, 3.63) is 30.3 Å². The van der Waals surface area contributed by atoms with E-state index in [1.54, 1.807) is 4.90 Å². The molecule has 1 saturated heterocycles. The standard InChI is InChI=1S/C11H13FN2S/c12-11(15)14-8-6-13(7-9-14)10-4-2-1-3-5-10/h1-5H,6-9H2. The van der Waals surface area contributed by atoms with Crippen LogP contribution in [0.1, 0.15) is 0 Å². The Bertz CT molecular complexity index is 334. The Labute approximate surface area is 94.3 Å². The van der Waals surface area contributed by atoms with Crippen molar-refractivity contribution in [2.75, 3.05) is 31.1 Å². The highest BCUT2D eigenvalue weighted by molar-refractivity contribution is 7.79. The lowest BCUT2D eigenvalue weighted by Gasteiger charge is -2.35. The average Bonchev–Trinajstić information content (AvgIpc) is 2.30. The van der Waals surface area contributed by atoms with E-state index in [4.69, 9.17) is 0 Å². The molecule has 4 heteroatoms. The number of nitrogens with zero attached hydrogens (tertiary/aromatic N) is 2. The lowest BCUT2D eigenvalue weighted by Crippen LogP contribution is -2.47. The van der Waals surface area contributed by atoms with Gasteiger partial charge in [0.1, 0.15) is 0 Å².